The highest BCUT2D eigenvalue weighted by Crippen LogP contribution is 2.25. The van der Waals surface area contributed by atoms with E-state index < -0.39 is 11.7 Å². The van der Waals surface area contributed by atoms with Crippen molar-refractivity contribution in [3.05, 3.63) is 46.3 Å². The van der Waals surface area contributed by atoms with Crippen LogP contribution in [0.25, 0.3) is 10.8 Å². The molecule has 1 aromatic carbocycles. The minimum Gasteiger partial charge on any atom is -0.497 e. The zero-order valence-electron chi connectivity index (χ0n) is 13.5. The van der Waals surface area contributed by atoms with Crippen LogP contribution in [0, 0.1) is 0 Å². The van der Waals surface area contributed by atoms with E-state index in [1.165, 1.54) is 25.6 Å². The second kappa shape index (κ2) is 7.22. The Morgan fingerprint density at radius 2 is 2.00 bits per heavy atom. The fraction of sp³-hybridized carbons (Fsp3) is 0.188. The maximum atomic E-state index is 12.2. The van der Waals surface area contributed by atoms with E-state index in [1.54, 1.807) is 24.3 Å². The summed E-state index contributed by atoms with van der Waals surface area (Å²) in [5.41, 5.74) is 0.483. The van der Waals surface area contributed by atoms with E-state index >= 15 is 0 Å². The average molecular weight is 361 g/mol. The number of aromatic nitrogens is 2. The third-order valence-electron chi connectivity index (χ3n) is 3.27. The number of methoxy groups -OCH3 is 2. The zero-order chi connectivity index (χ0) is 17.8. The van der Waals surface area contributed by atoms with E-state index in [9.17, 15) is 9.59 Å². The van der Waals surface area contributed by atoms with Crippen LogP contribution in [0.1, 0.15) is 0 Å². The summed E-state index contributed by atoms with van der Waals surface area (Å²) >= 11 is 1.39. The lowest BCUT2D eigenvalue weighted by atomic mass is 10.2. The first-order valence-electron chi connectivity index (χ1n) is 7.24. The summed E-state index contributed by atoms with van der Waals surface area (Å²) in [4.78, 5) is 24.8. The van der Waals surface area contributed by atoms with Crippen LogP contribution in [0.4, 0.5) is 5.69 Å². The van der Waals surface area contributed by atoms with Crippen LogP contribution in [0.15, 0.2) is 44.9 Å². The Bertz CT molecular complexity index is 907. The van der Waals surface area contributed by atoms with Gasteiger partial charge in [0.15, 0.2) is 0 Å². The Balaban J connectivity index is 1.74. The number of nitrogens with zero attached hydrogens (tertiary/aromatic N) is 2. The Hall–Kier alpha value is -3.07. The standard InChI is InChI=1S/C16H15N3O5S/c1-22-11-6-10(7-12(8-11)23-2)17-14(20)9-19-16(21)24-15(18-19)13-4-3-5-25-13/h3-8H,9H2,1-2H3,(H,17,20). The molecule has 0 radical (unpaired) electrons. The summed E-state index contributed by atoms with van der Waals surface area (Å²) in [6.45, 7) is -0.271. The predicted molar refractivity (Wildman–Crippen MR) is 92.3 cm³/mol. The number of carbonyl (C=O) groups is 1. The molecule has 0 bridgehead atoms. The van der Waals surface area contributed by atoms with Gasteiger partial charge in [0.25, 0.3) is 5.89 Å². The van der Waals surface area contributed by atoms with Crippen LogP contribution < -0.4 is 20.5 Å². The predicted octanol–water partition coefficient (Wildman–Crippen LogP) is 2.22. The molecule has 130 valence electrons. The van der Waals surface area contributed by atoms with Crippen molar-refractivity contribution in [2.24, 2.45) is 0 Å². The molecule has 0 saturated carbocycles. The highest BCUT2D eigenvalue weighted by Gasteiger charge is 2.14. The quantitative estimate of drug-likeness (QED) is 0.723. The van der Waals surface area contributed by atoms with Gasteiger partial charge in [-0.3, -0.25) is 4.79 Å². The molecule has 8 nitrogen and oxygen atoms in total. The monoisotopic (exact) mass is 361 g/mol. The topological polar surface area (TPSA) is 95.6 Å². The average Bonchev–Trinajstić information content (AvgIpc) is 3.24. The lowest BCUT2D eigenvalue weighted by Crippen LogP contribution is -2.25. The summed E-state index contributed by atoms with van der Waals surface area (Å²) in [6.07, 6.45) is 0. The van der Waals surface area contributed by atoms with Gasteiger partial charge in [-0.05, 0) is 11.4 Å². The molecule has 0 saturated heterocycles. The summed E-state index contributed by atoms with van der Waals surface area (Å²) in [7, 11) is 3.03. The minimum absolute atomic E-state index is 0.191. The van der Waals surface area contributed by atoms with Gasteiger partial charge in [0.05, 0.1) is 19.1 Å². The first kappa shape index (κ1) is 16.8. The van der Waals surface area contributed by atoms with Crippen molar-refractivity contribution in [3.63, 3.8) is 0 Å². The van der Waals surface area contributed by atoms with E-state index in [0.29, 0.717) is 22.1 Å². The van der Waals surface area contributed by atoms with Crippen LogP contribution in [0.2, 0.25) is 0 Å². The van der Waals surface area contributed by atoms with E-state index in [4.69, 9.17) is 13.9 Å². The van der Waals surface area contributed by atoms with Crippen LogP contribution in [0.3, 0.4) is 0 Å². The van der Waals surface area contributed by atoms with Crippen molar-refractivity contribution in [1.82, 2.24) is 9.78 Å². The van der Waals surface area contributed by atoms with Gasteiger partial charge >= 0.3 is 5.76 Å². The molecule has 1 N–H and O–H groups in total. The highest BCUT2D eigenvalue weighted by molar-refractivity contribution is 7.13. The van der Waals surface area contributed by atoms with Gasteiger partial charge in [-0.1, -0.05) is 6.07 Å². The third-order valence-corrected chi connectivity index (χ3v) is 4.12. The molecule has 3 aromatic rings. The Labute approximate surface area is 146 Å². The minimum atomic E-state index is -0.693. The first-order valence-corrected chi connectivity index (χ1v) is 8.12. The normalized spacial score (nSPS) is 10.5. The molecule has 25 heavy (non-hydrogen) atoms. The fourth-order valence-electron chi connectivity index (χ4n) is 2.12. The van der Waals surface area contributed by atoms with Crippen molar-refractivity contribution >= 4 is 22.9 Å². The maximum absolute atomic E-state index is 12.2. The molecule has 0 unspecified atom stereocenters. The molecule has 9 heteroatoms. The second-order valence-corrected chi connectivity index (χ2v) is 5.91. The van der Waals surface area contributed by atoms with Crippen molar-refractivity contribution in [2.45, 2.75) is 6.54 Å². The summed E-state index contributed by atoms with van der Waals surface area (Å²) in [6, 6.07) is 8.57. The summed E-state index contributed by atoms with van der Waals surface area (Å²) < 4.78 is 16.3. The van der Waals surface area contributed by atoms with Crippen molar-refractivity contribution < 1.29 is 18.7 Å². The number of rotatable bonds is 6. The van der Waals surface area contributed by atoms with Gasteiger partial charge < -0.3 is 19.2 Å². The van der Waals surface area contributed by atoms with E-state index in [2.05, 4.69) is 10.4 Å². The third kappa shape index (κ3) is 3.89. The molecule has 2 heterocycles. The number of carbonyl (C=O) groups excluding carboxylic acids is 1. The Morgan fingerprint density at radius 3 is 2.60 bits per heavy atom. The van der Waals surface area contributed by atoms with Gasteiger partial charge in [0.2, 0.25) is 5.91 Å². The number of ether oxygens (including phenoxy) is 2. The molecule has 0 aliphatic carbocycles. The number of nitrogens with one attached hydrogen (secondary N) is 1. The van der Waals surface area contributed by atoms with Gasteiger partial charge in [0, 0.05) is 23.9 Å². The van der Waals surface area contributed by atoms with Gasteiger partial charge in [-0.15, -0.1) is 16.4 Å². The molecule has 1 amide bonds. The number of amides is 1. The fourth-order valence-corrected chi connectivity index (χ4v) is 2.77. The molecular weight excluding hydrogens is 346 g/mol. The van der Waals surface area contributed by atoms with Gasteiger partial charge in [0.1, 0.15) is 18.0 Å². The Morgan fingerprint density at radius 1 is 1.28 bits per heavy atom. The molecule has 2 aromatic heterocycles. The molecule has 0 aliphatic rings. The molecule has 3 rings (SSSR count). The van der Waals surface area contributed by atoms with Crippen LogP contribution in [0.5, 0.6) is 11.5 Å². The lowest BCUT2D eigenvalue weighted by molar-refractivity contribution is -0.117. The van der Waals surface area contributed by atoms with E-state index in [1.807, 2.05) is 11.4 Å². The van der Waals surface area contributed by atoms with Gasteiger partial charge in [-0.2, -0.15) is 4.68 Å². The van der Waals surface area contributed by atoms with Crippen molar-refractivity contribution in [3.8, 4) is 22.3 Å². The number of hydrogen-bond acceptors (Lipinski definition) is 7. The number of anilines is 1. The van der Waals surface area contributed by atoms with Crippen molar-refractivity contribution in [2.75, 3.05) is 19.5 Å². The summed E-state index contributed by atoms with van der Waals surface area (Å²) in [5, 5.41) is 8.56. The van der Waals surface area contributed by atoms with Crippen LogP contribution in [-0.2, 0) is 11.3 Å². The lowest BCUT2D eigenvalue weighted by Gasteiger charge is -2.09. The molecule has 0 fully saturated rings. The number of thiophene rings is 1. The summed E-state index contributed by atoms with van der Waals surface area (Å²) in [5.74, 6) is 0.141. The number of hydrogen-bond donors (Lipinski definition) is 1. The molecule has 0 atom stereocenters. The maximum Gasteiger partial charge on any atom is 0.437 e. The first-order chi connectivity index (χ1) is 12.1. The van der Waals surface area contributed by atoms with Crippen LogP contribution in [-0.4, -0.2) is 29.9 Å². The Kier molecular flexibility index (Phi) is 4.85. The zero-order valence-corrected chi connectivity index (χ0v) is 14.3. The highest BCUT2D eigenvalue weighted by atomic mass is 32.1. The smallest absolute Gasteiger partial charge is 0.437 e. The van der Waals surface area contributed by atoms with Crippen molar-refractivity contribution in [1.29, 1.82) is 0 Å². The van der Waals surface area contributed by atoms with E-state index in [-0.39, 0.29) is 12.4 Å². The molecular formula is C16H15N3O5S. The molecule has 0 aliphatic heterocycles. The largest absolute Gasteiger partial charge is 0.497 e. The molecule has 0 spiro atoms. The van der Waals surface area contributed by atoms with Crippen LogP contribution >= 0.6 is 11.3 Å². The SMILES string of the molecule is COc1cc(NC(=O)Cn2nc(-c3cccs3)oc2=O)cc(OC)c1. The second-order valence-electron chi connectivity index (χ2n) is 4.96. The van der Waals surface area contributed by atoms with E-state index in [0.717, 1.165) is 4.68 Å². The number of benzene rings is 1. The van der Waals surface area contributed by atoms with Gasteiger partial charge in [-0.25, -0.2) is 4.79 Å².